The van der Waals surface area contributed by atoms with Gasteiger partial charge in [-0.1, -0.05) is 18.2 Å². The molecule has 0 unspecified atom stereocenters. The SMILES string of the molecule is N#Cc1ccc(OC(=O)c2ccccc2)cc1F. The van der Waals surface area contributed by atoms with Crippen LogP contribution in [0, 0.1) is 17.1 Å². The molecule has 2 rings (SSSR count). The smallest absolute Gasteiger partial charge is 0.343 e. The normalized spacial score (nSPS) is 9.56. The predicted molar refractivity (Wildman–Crippen MR) is 62.5 cm³/mol. The molecule has 2 aromatic rings. The molecule has 0 heterocycles. The highest BCUT2D eigenvalue weighted by Gasteiger charge is 2.09. The van der Waals surface area contributed by atoms with Crippen LogP contribution in [0.4, 0.5) is 4.39 Å². The van der Waals surface area contributed by atoms with Gasteiger partial charge in [-0.2, -0.15) is 5.26 Å². The second-order valence-electron chi connectivity index (χ2n) is 3.51. The van der Waals surface area contributed by atoms with E-state index >= 15 is 0 Å². The van der Waals surface area contributed by atoms with Crippen molar-refractivity contribution in [2.75, 3.05) is 0 Å². The van der Waals surface area contributed by atoms with E-state index < -0.39 is 11.8 Å². The molecule has 0 aromatic heterocycles. The van der Waals surface area contributed by atoms with E-state index in [0.717, 1.165) is 6.07 Å². The number of carbonyl (C=O) groups is 1. The first-order valence-corrected chi connectivity index (χ1v) is 5.17. The molecule has 0 bridgehead atoms. The molecule has 0 fully saturated rings. The zero-order valence-corrected chi connectivity index (χ0v) is 9.26. The van der Waals surface area contributed by atoms with E-state index in [1.807, 2.05) is 0 Å². The van der Waals surface area contributed by atoms with Crippen molar-refractivity contribution in [2.45, 2.75) is 0 Å². The van der Waals surface area contributed by atoms with Gasteiger partial charge in [-0.05, 0) is 24.3 Å². The lowest BCUT2D eigenvalue weighted by molar-refractivity contribution is 0.0734. The van der Waals surface area contributed by atoms with Gasteiger partial charge in [-0.3, -0.25) is 0 Å². The number of hydrogen-bond donors (Lipinski definition) is 0. The van der Waals surface area contributed by atoms with Gasteiger partial charge in [0.15, 0.2) is 0 Å². The minimum Gasteiger partial charge on any atom is -0.423 e. The summed E-state index contributed by atoms with van der Waals surface area (Å²) in [5.41, 5.74) is 0.289. The lowest BCUT2D eigenvalue weighted by atomic mass is 10.2. The average molecular weight is 241 g/mol. The lowest BCUT2D eigenvalue weighted by Crippen LogP contribution is -2.08. The van der Waals surface area contributed by atoms with Crippen LogP contribution in [0.1, 0.15) is 15.9 Å². The highest BCUT2D eigenvalue weighted by molar-refractivity contribution is 5.90. The summed E-state index contributed by atoms with van der Waals surface area (Å²) in [7, 11) is 0. The molecule has 88 valence electrons. The van der Waals surface area contributed by atoms with E-state index in [1.165, 1.54) is 12.1 Å². The average Bonchev–Trinajstić information content (AvgIpc) is 2.40. The monoisotopic (exact) mass is 241 g/mol. The quantitative estimate of drug-likeness (QED) is 0.600. The van der Waals surface area contributed by atoms with Gasteiger partial charge in [0.2, 0.25) is 0 Å². The topological polar surface area (TPSA) is 50.1 Å². The van der Waals surface area contributed by atoms with Crippen LogP contribution in [0.25, 0.3) is 0 Å². The molecular formula is C14H8FNO2. The lowest BCUT2D eigenvalue weighted by Gasteiger charge is -2.04. The molecule has 0 radical (unpaired) electrons. The molecule has 0 aliphatic heterocycles. The largest absolute Gasteiger partial charge is 0.423 e. The van der Waals surface area contributed by atoms with Crippen molar-refractivity contribution in [3.8, 4) is 11.8 Å². The minimum atomic E-state index is -0.712. The van der Waals surface area contributed by atoms with Gasteiger partial charge in [-0.15, -0.1) is 0 Å². The van der Waals surface area contributed by atoms with Crippen molar-refractivity contribution in [1.82, 2.24) is 0 Å². The van der Waals surface area contributed by atoms with Gasteiger partial charge in [0.25, 0.3) is 0 Å². The minimum absolute atomic E-state index is 0.0698. The Bertz CT molecular complexity index is 617. The highest BCUT2D eigenvalue weighted by atomic mass is 19.1. The number of esters is 1. The van der Waals surface area contributed by atoms with Gasteiger partial charge < -0.3 is 4.74 Å². The van der Waals surface area contributed by atoms with E-state index in [0.29, 0.717) is 5.56 Å². The summed E-state index contributed by atoms with van der Waals surface area (Å²) in [6.07, 6.45) is 0. The summed E-state index contributed by atoms with van der Waals surface area (Å²) in [5, 5.41) is 8.57. The number of rotatable bonds is 2. The van der Waals surface area contributed by atoms with E-state index in [4.69, 9.17) is 10.00 Å². The van der Waals surface area contributed by atoms with Crippen molar-refractivity contribution >= 4 is 5.97 Å². The molecule has 0 spiro atoms. The Kier molecular flexibility index (Phi) is 3.35. The molecular weight excluding hydrogens is 233 g/mol. The van der Waals surface area contributed by atoms with Crippen molar-refractivity contribution in [3.05, 3.63) is 65.5 Å². The fourth-order valence-corrected chi connectivity index (χ4v) is 1.39. The number of hydrogen-bond acceptors (Lipinski definition) is 3. The van der Waals surface area contributed by atoms with Crippen LogP contribution < -0.4 is 4.74 Å². The van der Waals surface area contributed by atoms with Crippen LogP contribution in [0.5, 0.6) is 5.75 Å². The Hall–Kier alpha value is -2.67. The van der Waals surface area contributed by atoms with Crippen LogP contribution >= 0.6 is 0 Å². The predicted octanol–water partition coefficient (Wildman–Crippen LogP) is 2.92. The Morgan fingerprint density at radius 3 is 2.50 bits per heavy atom. The molecule has 0 N–H and O–H groups in total. The maximum absolute atomic E-state index is 13.3. The summed E-state index contributed by atoms with van der Waals surface area (Å²) >= 11 is 0. The summed E-state index contributed by atoms with van der Waals surface area (Å²) in [5.74, 6) is -1.21. The molecule has 2 aromatic carbocycles. The van der Waals surface area contributed by atoms with Crippen LogP contribution in [0.3, 0.4) is 0 Å². The summed E-state index contributed by atoms with van der Waals surface area (Å²) in [6, 6.07) is 13.7. The molecule has 3 nitrogen and oxygen atoms in total. The summed E-state index contributed by atoms with van der Waals surface area (Å²) < 4.78 is 18.3. The highest BCUT2D eigenvalue weighted by Crippen LogP contribution is 2.17. The molecule has 0 saturated carbocycles. The molecule has 0 amide bonds. The third-order valence-electron chi connectivity index (χ3n) is 2.28. The zero-order chi connectivity index (χ0) is 13.0. The summed E-state index contributed by atoms with van der Waals surface area (Å²) in [4.78, 5) is 11.7. The number of nitrogens with zero attached hydrogens (tertiary/aromatic N) is 1. The molecule has 0 atom stereocenters. The Morgan fingerprint density at radius 1 is 1.17 bits per heavy atom. The van der Waals surface area contributed by atoms with Crippen LogP contribution in [0.2, 0.25) is 0 Å². The second kappa shape index (κ2) is 5.11. The van der Waals surface area contributed by atoms with E-state index in [2.05, 4.69) is 0 Å². The number of benzene rings is 2. The molecule has 0 aliphatic rings. The maximum atomic E-state index is 13.3. The van der Waals surface area contributed by atoms with E-state index in [-0.39, 0.29) is 11.3 Å². The van der Waals surface area contributed by atoms with Gasteiger partial charge in [0.1, 0.15) is 17.6 Å². The van der Waals surface area contributed by atoms with Crippen LogP contribution in [0.15, 0.2) is 48.5 Å². The van der Waals surface area contributed by atoms with Gasteiger partial charge in [0.05, 0.1) is 11.1 Å². The number of ether oxygens (including phenoxy) is 1. The van der Waals surface area contributed by atoms with Crippen LogP contribution in [-0.4, -0.2) is 5.97 Å². The van der Waals surface area contributed by atoms with Crippen molar-refractivity contribution in [2.24, 2.45) is 0 Å². The van der Waals surface area contributed by atoms with Gasteiger partial charge in [-0.25, -0.2) is 9.18 Å². The van der Waals surface area contributed by atoms with Crippen LogP contribution in [-0.2, 0) is 0 Å². The Balaban J connectivity index is 2.18. The first-order valence-electron chi connectivity index (χ1n) is 5.17. The fraction of sp³-hybridized carbons (Fsp3) is 0. The van der Waals surface area contributed by atoms with Gasteiger partial charge in [0, 0.05) is 6.07 Å². The third-order valence-corrected chi connectivity index (χ3v) is 2.28. The fourth-order valence-electron chi connectivity index (χ4n) is 1.39. The molecule has 0 aliphatic carbocycles. The standard InChI is InChI=1S/C14H8FNO2/c15-13-8-12(7-6-11(13)9-16)18-14(17)10-4-2-1-3-5-10/h1-8H. The Morgan fingerprint density at radius 2 is 1.89 bits per heavy atom. The third kappa shape index (κ3) is 2.53. The number of halogens is 1. The van der Waals surface area contributed by atoms with Gasteiger partial charge >= 0.3 is 5.97 Å². The molecule has 4 heteroatoms. The first-order chi connectivity index (χ1) is 8.70. The second-order valence-corrected chi connectivity index (χ2v) is 3.51. The maximum Gasteiger partial charge on any atom is 0.343 e. The summed E-state index contributed by atoms with van der Waals surface area (Å²) in [6.45, 7) is 0. The van der Waals surface area contributed by atoms with E-state index in [1.54, 1.807) is 36.4 Å². The van der Waals surface area contributed by atoms with Crippen molar-refractivity contribution in [1.29, 1.82) is 5.26 Å². The van der Waals surface area contributed by atoms with Crippen molar-refractivity contribution < 1.29 is 13.9 Å². The number of nitriles is 1. The number of carbonyl (C=O) groups excluding carboxylic acids is 1. The molecule has 0 saturated heterocycles. The zero-order valence-electron chi connectivity index (χ0n) is 9.26. The van der Waals surface area contributed by atoms with E-state index in [9.17, 15) is 9.18 Å². The Labute approximate surface area is 103 Å². The first kappa shape index (κ1) is 11.8. The molecule has 18 heavy (non-hydrogen) atoms. The van der Waals surface area contributed by atoms with Crippen molar-refractivity contribution in [3.63, 3.8) is 0 Å².